The van der Waals surface area contributed by atoms with Gasteiger partial charge < -0.3 is 5.21 Å². The molecule has 78 valence electrons. The number of aryl methyl sites for hydroxylation is 1. The van der Waals surface area contributed by atoms with Crippen LogP contribution in [0.2, 0.25) is 0 Å². The molecule has 0 aliphatic heterocycles. The van der Waals surface area contributed by atoms with Gasteiger partial charge in [-0.25, -0.2) is 0 Å². The normalized spacial score (nSPS) is 19.5. The number of rotatable bonds is 0. The Labute approximate surface area is 88.4 Å². The highest BCUT2D eigenvalue weighted by atomic mass is 16.4. The van der Waals surface area contributed by atoms with Crippen molar-refractivity contribution in [3.8, 4) is 0 Å². The summed E-state index contributed by atoms with van der Waals surface area (Å²) in [7, 11) is 0. The molecule has 1 aromatic rings. The van der Waals surface area contributed by atoms with E-state index in [1.807, 2.05) is 18.2 Å². The molecule has 0 atom stereocenters. The lowest BCUT2D eigenvalue weighted by Crippen LogP contribution is -2.18. The zero-order valence-electron chi connectivity index (χ0n) is 8.44. The van der Waals surface area contributed by atoms with E-state index < -0.39 is 0 Å². The second-order valence-electron chi connectivity index (χ2n) is 3.74. The van der Waals surface area contributed by atoms with E-state index in [4.69, 9.17) is 5.21 Å². The van der Waals surface area contributed by atoms with Crippen LogP contribution in [-0.2, 0) is 6.42 Å². The molecule has 0 bridgehead atoms. The predicted molar refractivity (Wildman–Crippen MR) is 57.5 cm³/mol. The van der Waals surface area contributed by atoms with Gasteiger partial charge in [0.25, 0.3) is 0 Å². The van der Waals surface area contributed by atoms with Crippen LogP contribution in [0.4, 0.5) is 0 Å². The fourth-order valence-corrected chi connectivity index (χ4v) is 1.93. The van der Waals surface area contributed by atoms with Crippen molar-refractivity contribution < 1.29 is 10.0 Å². The van der Waals surface area contributed by atoms with Gasteiger partial charge in [-0.2, -0.15) is 0 Å². The summed E-state index contributed by atoms with van der Waals surface area (Å²) in [6.45, 7) is 0. The fraction of sp³-hybridized carbons (Fsp3) is 0.333. The molecule has 3 heteroatoms. The maximum Gasteiger partial charge on any atom is 0.210 e. The van der Waals surface area contributed by atoms with Crippen molar-refractivity contribution in [2.75, 3.05) is 0 Å². The Balaban J connectivity index is 2.46. The van der Waals surface area contributed by atoms with Gasteiger partial charge in [-0.05, 0) is 31.2 Å². The average molecular weight is 203 g/mol. The number of benzene rings is 1. The molecule has 0 saturated carbocycles. The summed E-state index contributed by atoms with van der Waals surface area (Å²) < 4.78 is 0. The summed E-state index contributed by atoms with van der Waals surface area (Å²) in [5, 5.41) is 11.9. The molecule has 1 aliphatic rings. The smallest absolute Gasteiger partial charge is 0.210 e. The molecule has 1 N–H and O–H groups in total. The lowest BCUT2D eigenvalue weighted by atomic mass is 9.91. The highest BCUT2D eigenvalue weighted by Crippen LogP contribution is 2.18. The number of oxime groups is 1. The molecule has 0 heterocycles. The van der Waals surface area contributed by atoms with Gasteiger partial charge in [0, 0.05) is 5.56 Å². The average Bonchev–Trinajstić information content (AvgIpc) is 2.27. The molecule has 2 rings (SSSR count). The van der Waals surface area contributed by atoms with Crippen molar-refractivity contribution in [1.82, 2.24) is 0 Å². The molecule has 0 unspecified atom stereocenters. The van der Waals surface area contributed by atoms with E-state index in [0.717, 1.165) is 24.8 Å². The highest BCUT2D eigenvalue weighted by Gasteiger charge is 2.19. The summed E-state index contributed by atoms with van der Waals surface area (Å²) in [6, 6.07) is 7.54. The van der Waals surface area contributed by atoms with Crippen LogP contribution in [0.1, 0.15) is 35.2 Å². The van der Waals surface area contributed by atoms with Crippen LogP contribution < -0.4 is 0 Å². The Morgan fingerprint density at radius 3 is 2.67 bits per heavy atom. The van der Waals surface area contributed by atoms with Crippen LogP contribution in [0.25, 0.3) is 0 Å². The fourth-order valence-electron chi connectivity index (χ4n) is 1.93. The number of nitrogens with zero attached hydrogens (tertiary/aromatic N) is 1. The molecule has 1 aliphatic carbocycles. The van der Waals surface area contributed by atoms with Crippen LogP contribution in [0.15, 0.2) is 29.4 Å². The van der Waals surface area contributed by atoms with Crippen molar-refractivity contribution in [3.05, 3.63) is 35.4 Å². The summed E-state index contributed by atoms with van der Waals surface area (Å²) >= 11 is 0. The first-order valence-electron chi connectivity index (χ1n) is 5.16. The first-order valence-corrected chi connectivity index (χ1v) is 5.16. The molecule has 15 heavy (non-hydrogen) atoms. The van der Waals surface area contributed by atoms with Crippen LogP contribution in [0.3, 0.4) is 0 Å². The molecule has 3 nitrogen and oxygen atoms in total. The summed E-state index contributed by atoms with van der Waals surface area (Å²) in [5.74, 6) is -0.132. The van der Waals surface area contributed by atoms with E-state index in [2.05, 4.69) is 5.16 Å². The molecular formula is C12H13NO2. The third-order valence-corrected chi connectivity index (χ3v) is 2.75. The van der Waals surface area contributed by atoms with Gasteiger partial charge in [0.05, 0.1) is 0 Å². The molecule has 1 aromatic carbocycles. The quantitative estimate of drug-likeness (QED) is 0.520. The van der Waals surface area contributed by atoms with Crippen molar-refractivity contribution >= 4 is 11.5 Å². The van der Waals surface area contributed by atoms with Gasteiger partial charge in [-0.15, -0.1) is 0 Å². The van der Waals surface area contributed by atoms with Crippen LogP contribution in [-0.4, -0.2) is 16.7 Å². The summed E-state index contributed by atoms with van der Waals surface area (Å²) in [5.41, 5.74) is 2.02. The number of hydrogen-bond acceptors (Lipinski definition) is 3. The van der Waals surface area contributed by atoms with E-state index in [9.17, 15) is 4.79 Å². The lowest BCUT2D eigenvalue weighted by Gasteiger charge is -2.12. The van der Waals surface area contributed by atoms with E-state index >= 15 is 0 Å². The minimum Gasteiger partial charge on any atom is -0.411 e. The molecule has 0 fully saturated rings. The van der Waals surface area contributed by atoms with Crippen molar-refractivity contribution in [1.29, 1.82) is 0 Å². The van der Waals surface area contributed by atoms with Crippen LogP contribution >= 0.6 is 0 Å². The van der Waals surface area contributed by atoms with Crippen LogP contribution in [0.5, 0.6) is 0 Å². The zero-order valence-corrected chi connectivity index (χ0v) is 8.44. The largest absolute Gasteiger partial charge is 0.411 e. The number of carbonyl (C=O) groups is 1. The predicted octanol–water partition coefficient (Wildman–Crippen LogP) is 2.43. The molecule has 0 spiro atoms. The van der Waals surface area contributed by atoms with Gasteiger partial charge in [-0.1, -0.05) is 29.4 Å². The Bertz CT molecular complexity index is 410. The zero-order chi connectivity index (χ0) is 10.7. The summed E-state index contributed by atoms with van der Waals surface area (Å²) in [6.07, 6.45) is 3.44. The Morgan fingerprint density at radius 2 is 1.87 bits per heavy atom. The number of Topliss-reactive ketones (excluding diaryl/α,β-unsaturated/α-hetero) is 1. The summed E-state index contributed by atoms with van der Waals surface area (Å²) in [4.78, 5) is 11.9. The second-order valence-corrected chi connectivity index (χ2v) is 3.74. The van der Waals surface area contributed by atoms with Gasteiger partial charge >= 0.3 is 0 Å². The van der Waals surface area contributed by atoms with E-state index in [1.54, 1.807) is 6.07 Å². The maximum absolute atomic E-state index is 11.9. The Hall–Kier alpha value is -1.64. The van der Waals surface area contributed by atoms with E-state index in [0.29, 0.717) is 12.0 Å². The van der Waals surface area contributed by atoms with Gasteiger partial charge in [0.15, 0.2) is 0 Å². The van der Waals surface area contributed by atoms with Crippen molar-refractivity contribution in [2.24, 2.45) is 5.16 Å². The first-order chi connectivity index (χ1) is 7.33. The number of hydrogen-bond donors (Lipinski definition) is 1. The molecule has 0 saturated heterocycles. The Morgan fingerprint density at radius 1 is 1.13 bits per heavy atom. The maximum atomic E-state index is 11.9. The number of ketones is 1. The molecule has 0 radical (unpaired) electrons. The minimum absolute atomic E-state index is 0.132. The highest BCUT2D eigenvalue weighted by molar-refractivity contribution is 6.46. The molecular weight excluding hydrogens is 190 g/mol. The SMILES string of the molecule is O=C1C(=NO)CCCCc2ccccc21. The third kappa shape index (κ3) is 1.91. The lowest BCUT2D eigenvalue weighted by molar-refractivity contribution is 0.105. The first kappa shape index (κ1) is 9.90. The topological polar surface area (TPSA) is 49.7 Å². The number of carbonyl (C=O) groups excluding carboxylic acids is 1. The van der Waals surface area contributed by atoms with Crippen LogP contribution in [0, 0.1) is 0 Å². The van der Waals surface area contributed by atoms with Gasteiger partial charge in [-0.3, -0.25) is 4.79 Å². The van der Waals surface area contributed by atoms with E-state index in [-0.39, 0.29) is 11.5 Å². The van der Waals surface area contributed by atoms with Gasteiger partial charge in [0.1, 0.15) is 5.71 Å². The second kappa shape index (κ2) is 4.26. The monoisotopic (exact) mass is 203 g/mol. The third-order valence-electron chi connectivity index (χ3n) is 2.75. The van der Waals surface area contributed by atoms with Crippen molar-refractivity contribution in [3.63, 3.8) is 0 Å². The van der Waals surface area contributed by atoms with E-state index in [1.165, 1.54) is 0 Å². The number of fused-ring (bicyclic) bond motifs is 1. The standard InChI is InChI=1S/C12H13NO2/c14-12-10-7-3-1-5-9(10)6-2-4-8-11(12)13-15/h1,3,5,7,15H,2,4,6,8H2. The molecule has 0 amide bonds. The molecule has 0 aromatic heterocycles. The van der Waals surface area contributed by atoms with Crippen molar-refractivity contribution in [2.45, 2.75) is 25.7 Å². The Kier molecular flexibility index (Phi) is 2.81. The van der Waals surface area contributed by atoms with Gasteiger partial charge in [0.2, 0.25) is 5.78 Å². The minimum atomic E-state index is -0.132.